The van der Waals surface area contributed by atoms with E-state index in [0.29, 0.717) is 0 Å². The van der Waals surface area contributed by atoms with E-state index in [0.717, 1.165) is 39.7 Å². The van der Waals surface area contributed by atoms with Crippen LogP contribution in [0, 0.1) is 0 Å². The second-order valence-corrected chi connectivity index (χ2v) is 17.7. The molecule has 0 amide bonds. The van der Waals surface area contributed by atoms with Crippen LogP contribution in [0.25, 0.3) is 60.5 Å². The highest BCUT2D eigenvalue weighted by Crippen LogP contribution is 2.58. The lowest BCUT2D eigenvalue weighted by Crippen LogP contribution is -2.44. The lowest BCUT2D eigenvalue weighted by Gasteiger charge is -2.45. The molecule has 0 saturated heterocycles. The number of aromatic nitrogens is 1. The van der Waals surface area contributed by atoms with E-state index in [9.17, 15) is 0 Å². The maximum absolute atomic E-state index is 2.56. The maximum Gasteiger partial charge on any atom is 0.122 e. The number of hydrogen-bond acceptors (Lipinski definition) is 2. The molecular formula is C65H45N3. The Hall–Kier alpha value is -8.92. The van der Waals surface area contributed by atoms with Crippen LogP contribution in [-0.2, 0) is 5.54 Å². The Kier molecular flexibility index (Phi) is 9.40. The summed E-state index contributed by atoms with van der Waals surface area (Å²) in [5.41, 5.74) is 16.7. The highest BCUT2D eigenvalue weighted by molar-refractivity contribution is 6.10. The normalized spacial score (nSPS) is 13.9. The van der Waals surface area contributed by atoms with Crippen LogP contribution >= 0.6 is 0 Å². The quantitative estimate of drug-likeness (QED) is 0.143. The molecule has 11 aromatic carbocycles. The number of fused-ring (bicyclic) bond motifs is 7. The summed E-state index contributed by atoms with van der Waals surface area (Å²) >= 11 is 0. The van der Waals surface area contributed by atoms with Gasteiger partial charge in [-0.25, -0.2) is 0 Å². The zero-order valence-electron chi connectivity index (χ0n) is 37.3. The van der Waals surface area contributed by atoms with Crippen molar-refractivity contribution in [2.24, 2.45) is 0 Å². The molecule has 1 atom stereocenters. The van der Waals surface area contributed by atoms with Crippen molar-refractivity contribution in [1.29, 1.82) is 0 Å². The van der Waals surface area contributed by atoms with Crippen LogP contribution in [0.4, 0.5) is 28.4 Å². The molecule has 1 heterocycles. The van der Waals surface area contributed by atoms with Crippen molar-refractivity contribution >= 4 is 61.0 Å². The molecule has 320 valence electrons. The van der Waals surface area contributed by atoms with Gasteiger partial charge in [-0.3, -0.25) is 0 Å². The first-order valence-electron chi connectivity index (χ1n) is 23.4. The molecule has 13 rings (SSSR count). The fourth-order valence-corrected chi connectivity index (χ4v) is 11.0. The minimum absolute atomic E-state index is 0.730. The lowest BCUT2D eigenvalue weighted by molar-refractivity contribution is 0.644. The van der Waals surface area contributed by atoms with Gasteiger partial charge in [-0.05, 0) is 135 Å². The summed E-state index contributed by atoms with van der Waals surface area (Å²) in [4.78, 5) is 4.99. The fraction of sp³-hybridized carbons (Fsp3) is 0.0154. The molecular weight excluding hydrogens is 823 g/mol. The standard InChI is InChI=1S/C65H45N3/c1-5-21-50(22-6-1)65(68(53-25-9-3-10-26-53)54-27-11-4-12-28-54)61-31-17-15-29-57(61)58-42-40-56(45-62(58)65)66(55-39-35-46-19-13-14-20-48(46)43-55)52-37-33-47(34-38-52)49-36-41-60-59-30-16-18-32-63(59)67(64(60)44-49)51-23-7-2-8-24-51/h1-45H. The Labute approximate surface area is 396 Å². The third-order valence-electron chi connectivity index (χ3n) is 14.0. The summed E-state index contributed by atoms with van der Waals surface area (Å²) in [6.07, 6.45) is 0. The number of para-hydroxylation sites is 4. The van der Waals surface area contributed by atoms with Crippen molar-refractivity contribution in [3.63, 3.8) is 0 Å². The van der Waals surface area contributed by atoms with Crippen molar-refractivity contribution in [2.45, 2.75) is 5.54 Å². The molecule has 1 aliphatic rings. The molecule has 0 spiro atoms. The zero-order valence-corrected chi connectivity index (χ0v) is 37.3. The molecule has 0 bridgehead atoms. The summed E-state index contributed by atoms with van der Waals surface area (Å²) < 4.78 is 2.39. The van der Waals surface area contributed by atoms with Crippen molar-refractivity contribution in [1.82, 2.24) is 4.57 Å². The van der Waals surface area contributed by atoms with Gasteiger partial charge in [-0.15, -0.1) is 0 Å². The van der Waals surface area contributed by atoms with Crippen LogP contribution in [0.5, 0.6) is 0 Å². The van der Waals surface area contributed by atoms with E-state index in [1.807, 2.05) is 0 Å². The van der Waals surface area contributed by atoms with Gasteiger partial charge in [0.25, 0.3) is 0 Å². The lowest BCUT2D eigenvalue weighted by atomic mass is 9.78. The topological polar surface area (TPSA) is 11.4 Å². The van der Waals surface area contributed by atoms with Gasteiger partial charge in [0.15, 0.2) is 0 Å². The van der Waals surface area contributed by atoms with Crippen LogP contribution in [-0.4, -0.2) is 4.57 Å². The molecule has 1 aromatic heterocycles. The predicted molar refractivity (Wildman–Crippen MR) is 285 cm³/mol. The van der Waals surface area contributed by atoms with Crippen LogP contribution < -0.4 is 9.80 Å². The average molecular weight is 868 g/mol. The number of anilines is 5. The molecule has 0 aliphatic heterocycles. The van der Waals surface area contributed by atoms with Crippen molar-refractivity contribution in [3.8, 4) is 27.9 Å². The molecule has 0 fully saturated rings. The smallest absolute Gasteiger partial charge is 0.122 e. The van der Waals surface area contributed by atoms with Crippen LogP contribution in [0.15, 0.2) is 273 Å². The van der Waals surface area contributed by atoms with Gasteiger partial charge in [0.1, 0.15) is 5.54 Å². The first-order chi connectivity index (χ1) is 33.7. The molecule has 12 aromatic rings. The van der Waals surface area contributed by atoms with Gasteiger partial charge in [0.05, 0.1) is 11.0 Å². The first kappa shape index (κ1) is 39.4. The van der Waals surface area contributed by atoms with E-state index in [-0.39, 0.29) is 0 Å². The van der Waals surface area contributed by atoms with Crippen molar-refractivity contribution in [3.05, 3.63) is 290 Å². The molecule has 68 heavy (non-hydrogen) atoms. The molecule has 0 N–H and O–H groups in total. The van der Waals surface area contributed by atoms with Crippen molar-refractivity contribution in [2.75, 3.05) is 9.80 Å². The Morgan fingerprint density at radius 3 is 1.60 bits per heavy atom. The number of hydrogen-bond donors (Lipinski definition) is 0. The zero-order chi connectivity index (χ0) is 45.0. The second-order valence-electron chi connectivity index (χ2n) is 17.7. The molecule has 0 saturated carbocycles. The summed E-state index contributed by atoms with van der Waals surface area (Å²) in [6.45, 7) is 0. The summed E-state index contributed by atoms with van der Waals surface area (Å²) in [5.74, 6) is 0. The molecule has 1 aliphatic carbocycles. The Morgan fingerprint density at radius 1 is 0.309 bits per heavy atom. The Morgan fingerprint density at radius 2 is 0.853 bits per heavy atom. The van der Waals surface area contributed by atoms with Crippen molar-refractivity contribution < 1.29 is 0 Å². The van der Waals surface area contributed by atoms with E-state index in [1.165, 1.54) is 66.0 Å². The third kappa shape index (κ3) is 6.28. The van der Waals surface area contributed by atoms with Gasteiger partial charge < -0.3 is 14.4 Å². The molecule has 1 unspecified atom stereocenters. The Balaban J connectivity index is 1.01. The summed E-state index contributed by atoms with van der Waals surface area (Å²) in [7, 11) is 0. The molecule has 3 heteroatoms. The molecule has 0 radical (unpaired) electrons. The number of benzene rings is 11. The summed E-state index contributed by atoms with van der Waals surface area (Å²) in [6, 6.07) is 99.9. The molecule has 3 nitrogen and oxygen atoms in total. The van der Waals surface area contributed by atoms with Gasteiger partial charge >= 0.3 is 0 Å². The van der Waals surface area contributed by atoms with E-state index >= 15 is 0 Å². The minimum atomic E-state index is -0.730. The van der Waals surface area contributed by atoms with Crippen LogP contribution in [0.1, 0.15) is 16.7 Å². The Bertz CT molecular complexity index is 3750. The van der Waals surface area contributed by atoms with E-state index in [2.05, 4.69) is 287 Å². The van der Waals surface area contributed by atoms with Crippen LogP contribution in [0.2, 0.25) is 0 Å². The monoisotopic (exact) mass is 867 g/mol. The number of nitrogens with zero attached hydrogens (tertiary/aromatic N) is 3. The second kappa shape index (κ2) is 16.2. The predicted octanol–water partition coefficient (Wildman–Crippen LogP) is 17.2. The van der Waals surface area contributed by atoms with E-state index < -0.39 is 5.54 Å². The highest BCUT2D eigenvalue weighted by atomic mass is 15.2. The van der Waals surface area contributed by atoms with Gasteiger partial charge in [0, 0.05) is 44.9 Å². The minimum Gasteiger partial charge on any atom is -0.323 e. The average Bonchev–Trinajstić information content (AvgIpc) is 3.90. The third-order valence-corrected chi connectivity index (χ3v) is 14.0. The number of rotatable bonds is 9. The summed E-state index contributed by atoms with van der Waals surface area (Å²) in [5, 5.41) is 4.91. The highest BCUT2D eigenvalue weighted by Gasteiger charge is 2.50. The van der Waals surface area contributed by atoms with Gasteiger partial charge in [-0.2, -0.15) is 0 Å². The van der Waals surface area contributed by atoms with Gasteiger partial charge in [0.2, 0.25) is 0 Å². The first-order valence-corrected chi connectivity index (χ1v) is 23.4. The van der Waals surface area contributed by atoms with Crippen LogP contribution in [0.3, 0.4) is 0 Å². The maximum atomic E-state index is 2.56. The SMILES string of the molecule is c1ccc(N(c2ccccc2)C2(c3ccccc3)c3ccccc3-c3ccc(N(c4ccc(-c5ccc6c7ccccc7n(-c7ccccc7)c6c5)cc4)c4ccc5ccccc5c4)cc32)cc1. The van der Waals surface area contributed by atoms with E-state index in [1.54, 1.807) is 0 Å². The fourth-order valence-electron chi connectivity index (χ4n) is 11.0. The largest absolute Gasteiger partial charge is 0.323 e. The van der Waals surface area contributed by atoms with Gasteiger partial charge in [-0.1, -0.05) is 188 Å². The van der Waals surface area contributed by atoms with E-state index in [4.69, 9.17) is 0 Å².